The lowest BCUT2D eigenvalue weighted by atomic mass is 10.1. The highest BCUT2D eigenvalue weighted by molar-refractivity contribution is 5.89. The van der Waals surface area contributed by atoms with Gasteiger partial charge in [-0.2, -0.15) is 0 Å². The molecule has 0 radical (unpaired) electrons. The van der Waals surface area contributed by atoms with Gasteiger partial charge < -0.3 is 15.0 Å². The van der Waals surface area contributed by atoms with Crippen LogP contribution in [0.4, 0.5) is 10.1 Å². The fourth-order valence-electron chi connectivity index (χ4n) is 2.10. The molecule has 2 N–H and O–H groups in total. The van der Waals surface area contributed by atoms with Crippen molar-refractivity contribution in [3.63, 3.8) is 0 Å². The minimum absolute atomic E-state index is 0.0333. The third-order valence-corrected chi connectivity index (χ3v) is 3.31. The van der Waals surface area contributed by atoms with Crippen molar-refractivity contribution in [2.75, 3.05) is 5.73 Å². The topological polar surface area (TPSA) is 57.2 Å². The van der Waals surface area contributed by atoms with Crippen LogP contribution in [-0.4, -0.2) is 10.5 Å². The lowest BCUT2D eigenvalue weighted by Gasteiger charge is -2.12. The second-order valence-corrected chi connectivity index (χ2v) is 5.31. The number of esters is 1. The smallest absolute Gasteiger partial charge is 0.355 e. The molecular formula is C16H19FN2O2. The van der Waals surface area contributed by atoms with E-state index in [0.29, 0.717) is 16.9 Å². The van der Waals surface area contributed by atoms with E-state index in [1.807, 2.05) is 20.8 Å². The van der Waals surface area contributed by atoms with Crippen molar-refractivity contribution in [2.24, 2.45) is 0 Å². The Labute approximate surface area is 123 Å². The van der Waals surface area contributed by atoms with E-state index in [0.717, 1.165) is 5.56 Å². The normalized spacial score (nSPS) is 10.9. The van der Waals surface area contributed by atoms with Gasteiger partial charge in [0.15, 0.2) is 0 Å². The van der Waals surface area contributed by atoms with Gasteiger partial charge in [-0.25, -0.2) is 9.18 Å². The summed E-state index contributed by atoms with van der Waals surface area (Å²) in [6.45, 7) is 5.78. The number of anilines is 1. The number of hydrogen-bond acceptors (Lipinski definition) is 3. The van der Waals surface area contributed by atoms with E-state index in [1.165, 1.54) is 12.1 Å². The molecule has 2 rings (SSSR count). The van der Waals surface area contributed by atoms with E-state index in [9.17, 15) is 9.18 Å². The second kappa shape index (κ2) is 5.99. The third-order valence-electron chi connectivity index (χ3n) is 3.31. The zero-order valence-corrected chi connectivity index (χ0v) is 12.4. The number of nitrogens with zero attached hydrogens (tertiary/aromatic N) is 1. The SMILES string of the molecule is Cc1ccc(F)cc1COC(=O)c1cc(N)cn1C(C)C. The highest BCUT2D eigenvalue weighted by Crippen LogP contribution is 2.18. The van der Waals surface area contributed by atoms with Gasteiger partial charge in [-0.1, -0.05) is 6.07 Å². The van der Waals surface area contributed by atoms with Gasteiger partial charge in [0.25, 0.3) is 0 Å². The summed E-state index contributed by atoms with van der Waals surface area (Å²) in [6.07, 6.45) is 1.70. The molecule has 21 heavy (non-hydrogen) atoms. The summed E-state index contributed by atoms with van der Waals surface area (Å²) in [6, 6.07) is 6.10. The van der Waals surface area contributed by atoms with Gasteiger partial charge in [-0.15, -0.1) is 0 Å². The standard InChI is InChI=1S/C16H19FN2O2/c1-10(2)19-8-14(18)7-15(19)16(20)21-9-12-6-13(17)5-4-11(12)3/h4-8,10H,9,18H2,1-3H3. The Morgan fingerprint density at radius 1 is 1.38 bits per heavy atom. The molecule has 0 atom stereocenters. The Kier molecular flexibility index (Phi) is 4.31. The van der Waals surface area contributed by atoms with Crippen LogP contribution in [0.1, 0.15) is 41.5 Å². The van der Waals surface area contributed by atoms with Gasteiger partial charge in [-0.05, 0) is 50.1 Å². The molecule has 2 aromatic rings. The van der Waals surface area contributed by atoms with Gasteiger partial charge in [0, 0.05) is 12.2 Å². The number of carbonyl (C=O) groups excluding carboxylic acids is 1. The van der Waals surface area contributed by atoms with Gasteiger partial charge in [-0.3, -0.25) is 0 Å². The molecule has 5 heteroatoms. The molecule has 0 bridgehead atoms. The number of ether oxygens (including phenoxy) is 1. The fraction of sp³-hybridized carbons (Fsp3) is 0.312. The summed E-state index contributed by atoms with van der Waals surface area (Å²) < 4.78 is 20.2. The van der Waals surface area contributed by atoms with Crippen molar-refractivity contribution in [1.29, 1.82) is 0 Å². The fourth-order valence-corrected chi connectivity index (χ4v) is 2.10. The Bertz CT molecular complexity index is 662. The summed E-state index contributed by atoms with van der Waals surface area (Å²) in [4.78, 5) is 12.2. The van der Waals surface area contributed by atoms with Crippen molar-refractivity contribution in [2.45, 2.75) is 33.4 Å². The number of carbonyl (C=O) groups is 1. The van der Waals surface area contributed by atoms with Crippen LogP contribution in [0.15, 0.2) is 30.5 Å². The maximum absolute atomic E-state index is 13.2. The van der Waals surface area contributed by atoms with Crippen molar-refractivity contribution in [1.82, 2.24) is 4.57 Å². The van der Waals surface area contributed by atoms with Crippen molar-refractivity contribution < 1.29 is 13.9 Å². The number of nitrogen functional groups attached to an aromatic ring is 1. The summed E-state index contributed by atoms with van der Waals surface area (Å²) in [7, 11) is 0. The Hall–Kier alpha value is -2.30. The number of aryl methyl sites for hydroxylation is 1. The maximum Gasteiger partial charge on any atom is 0.355 e. The van der Waals surface area contributed by atoms with Gasteiger partial charge in [0.2, 0.25) is 0 Å². The number of aromatic nitrogens is 1. The van der Waals surface area contributed by atoms with E-state index in [-0.39, 0.29) is 18.5 Å². The predicted octanol–water partition coefficient (Wildman–Crippen LogP) is 3.46. The Balaban J connectivity index is 2.14. The first-order chi connectivity index (χ1) is 9.88. The largest absolute Gasteiger partial charge is 0.456 e. The quantitative estimate of drug-likeness (QED) is 0.877. The minimum Gasteiger partial charge on any atom is -0.456 e. The summed E-state index contributed by atoms with van der Waals surface area (Å²) >= 11 is 0. The number of benzene rings is 1. The molecule has 1 heterocycles. The van der Waals surface area contributed by atoms with Crippen LogP contribution in [-0.2, 0) is 11.3 Å². The van der Waals surface area contributed by atoms with E-state index in [4.69, 9.17) is 10.5 Å². The molecule has 0 aliphatic heterocycles. The van der Waals surface area contributed by atoms with Crippen molar-refractivity contribution in [3.05, 3.63) is 53.1 Å². The first-order valence-electron chi connectivity index (χ1n) is 6.78. The molecule has 0 saturated heterocycles. The summed E-state index contributed by atoms with van der Waals surface area (Å²) in [5.41, 5.74) is 8.17. The zero-order chi connectivity index (χ0) is 15.6. The van der Waals surface area contributed by atoms with Gasteiger partial charge in [0.05, 0.1) is 5.69 Å². The van der Waals surface area contributed by atoms with E-state index in [1.54, 1.807) is 22.9 Å². The highest BCUT2D eigenvalue weighted by Gasteiger charge is 2.16. The molecule has 0 amide bonds. The molecule has 0 spiro atoms. The average molecular weight is 290 g/mol. The Morgan fingerprint density at radius 2 is 2.10 bits per heavy atom. The van der Waals surface area contributed by atoms with Crippen LogP contribution in [0.25, 0.3) is 0 Å². The maximum atomic E-state index is 13.2. The number of rotatable bonds is 4. The molecule has 0 aliphatic rings. The van der Waals surface area contributed by atoms with E-state index >= 15 is 0 Å². The van der Waals surface area contributed by atoms with Crippen LogP contribution in [0.2, 0.25) is 0 Å². The third kappa shape index (κ3) is 3.42. The van der Waals surface area contributed by atoms with E-state index < -0.39 is 5.97 Å². The molecule has 0 aliphatic carbocycles. The molecule has 0 fully saturated rings. The summed E-state index contributed by atoms with van der Waals surface area (Å²) in [5.74, 6) is -0.814. The van der Waals surface area contributed by atoms with Crippen LogP contribution >= 0.6 is 0 Å². The lowest BCUT2D eigenvalue weighted by Crippen LogP contribution is -2.13. The molecule has 112 valence electrons. The molecule has 1 aromatic heterocycles. The van der Waals surface area contributed by atoms with Gasteiger partial charge >= 0.3 is 5.97 Å². The number of hydrogen-bond donors (Lipinski definition) is 1. The van der Waals surface area contributed by atoms with Gasteiger partial charge in [0.1, 0.15) is 18.1 Å². The van der Waals surface area contributed by atoms with Crippen LogP contribution in [0.5, 0.6) is 0 Å². The highest BCUT2D eigenvalue weighted by atomic mass is 19.1. The second-order valence-electron chi connectivity index (χ2n) is 5.31. The number of halogens is 1. The molecule has 0 unspecified atom stereocenters. The molecular weight excluding hydrogens is 271 g/mol. The molecule has 1 aromatic carbocycles. The molecule has 0 saturated carbocycles. The first-order valence-corrected chi connectivity index (χ1v) is 6.78. The average Bonchev–Trinajstić information content (AvgIpc) is 2.82. The van der Waals surface area contributed by atoms with E-state index in [2.05, 4.69) is 0 Å². The van der Waals surface area contributed by atoms with Crippen LogP contribution in [0, 0.1) is 12.7 Å². The minimum atomic E-state index is -0.468. The predicted molar refractivity (Wildman–Crippen MR) is 79.5 cm³/mol. The van der Waals surface area contributed by atoms with Crippen LogP contribution in [0.3, 0.4) is 0 Å². The first kappa shape index (κ1) is 15.1. The van der Waals surface area contributed by atoms with Crippen LogP contribution < -0.4 is 5.73 Å². The lowest BCUT2D eigenvalue weighted by molar-refractivity contribution is 0.0457. The van der Waals surface area contributed by atoms with Crippen molar-refractivity contribution >= 4 is 11.7 Å². The monoisotopic (exact) mass is 290 g/mol. The summed E-state index contributed by atoms with van der Waals surface area (Å²) in [5, 5.41) is 0. The number of nitrogens with two attached hydrogens (primary N) is 1. The Morgan fingerprint density at radius 3 is 2.76 bits per heavy atom. The van der Waals surface area contributed by atoms with Crippen molar-refractivity contribution in [3.8, 4) is 0 Å². The molecule has 4 nitrogen and oxygen atoms in total. The zero-order valence-electron chi connectivity index (χ0n) is 12.4.